The third kappa shape index (κ3) is 3.12. The quantitative estimate of drug-likeness (QED) is 0.835. The molecule has 5 aliphatic rings. The van der Waals surface area contributed by atoms with E-state index in [1.54, 1.807) is 7.05 Å². The number of carbonyl (C=O) groups excluding carboxylic acids is 2. The average molecular weight is 383 g/mol. The molecule has 4 bridgehead atoms. The number of amides is 2. The zero-order valence-electron chi connectivity index (χ0n) is 16.4. The molecule has 2 amide bonds. The lowest BCUT2D eigenvalue weighted by Crippen LogP contribution is -2.61. The summed E-state index contributed by atoms with van der Waals surface area (Å²) >= 11 is 0. The standard InChI is InChI=1S/C22H29N3O3/c1-23-21(27)19-12-25(17-4-2-3-5-18(17)28-19)13-20(26)24-22-9-14-6-15(10-22)8-16(7-14)11-22/h2-5,14-16,19H,6-13H2,1H3,(H,23,27)(H,24,26)/t14?,15?,16?,19-,22?/m0/s1. The first-order valence-corrected chi connectivity index (χ1v) is 10.6. The Kier molecular flexibility index (Phi) is 4.25. The van der Waals surface area contributed by atoms with Gasteiger partial charge in [-0.2, -0.15) is 0 Å². The normalized spacial score (nSPS) is 35.1. The van der Waals surface area contributed by atoms with Gasteiger partial charge in [-0.1, -0.05) is 12.1 Å². The molecule has 1 aromatic carbocycles. The molecular formula is C22H29N3O3. The van der Waals surface area contributed by atoms with Crippen LogP contribution >= 0.6 is 0 Å². The number of rotatable bonds is 4. The Bertz CT molecular complexity index is 758. The molecule has 1 aliphatic heterocycles. The fourth-order valence-corrected chi connectivity index (χ4v) is 6.53. The lowest BCUT2D eigenvalue weighted by atomic mass is 9.53. The van der Waals surface area contributed by atoms with Crippen molar-refractivity contribution in [3.05, 3.63) is 24.3 Å². The summed E-state index contributed by atoms with van der Waals surface area (Å²) in [5.74, 6) is 2.95. The number of anilines is 1. The summed E-state index contributed by atoms with van der Waals surface area (Å²) in [5, 5.41) is 6.09. The van der Waals surface area contributed by atoms with Gasteiger partial charge in [-0.05, 0) is 68.4 Å². The summed E-state index contributed by atoms with van der Waals surface area (Å²) in [7, 11) is 1.61. The summed E-state index contributed by atoms with van der Waals surface area (Å²) < 4.78 is 5.85. The van der Waals surface area contributed by atoms with Crippen LogP contribution in [0.5, 0.6) is 5.75 Å². The van der Waals surface area contributed by atoms with Crippen LogP contribution in [0.1, 0.15) is 38.5 Å². The monoisotopic (exact) mass is 383 g/mol. The maximum atomic E-state index is 13.1. The number of nitrogens with one attached hydrogen (secondary N) is 2. The van der Waals surface area contributed by atoms with E-state index in [0.717, 1.165) is 42.7 Å². The largest absolute Gasteiger partial charge is 0.477 e. The molecule has 6 rings (SSSR count). The van der Waals surface area contributed by atoms with Crippen molar-refractivity contribution in [2.75, 3.05) is 25.0 Å². The van der Waals surface area contributed by atoms with E-state index in [9.17, 15) is 9.59 Å². The molecule has 28 heavy (non-hydrogen) atoms. The Morgan fingerprint density at radius 3 is 2.39 bits per heavy atom. The minimum Gasteiger partial charge on any atom is -0.477 e. The van der Waals surface area contributed by atoms with Gasteiger partial charge in [0.25, 0.3) is 5.91 Å². The number of para-hydroxylation sites is 2. The fraction of sp³-hybridized carbons (Fsp3) is 0.636. The number of likely N-dealkylation sites (N-methyl/N-ethyl adjacent to an activating group) is 1. The number of benzene rings is 1. The average Bonchev–Trinajstić information content (AvgIpc) is 2.65. The first kappa shape index (κ1) is 17.8. The number of ether oxygens (including phenoxy) is 1. The van der Waals surface area contributed by atoms with Gasteiger partial charge in [-0.25, -0.2) is 0 Å². The van der Waals surface area contributed by atoms with Crippen LogP contribution in [0, 0.1) is 17.8 Å². The molecule has 4 saturated carbocycles. The molecule has 0 spiro atoms. The summed E-state index contributed by atoms with van der Waals surface area (Å²) in [4.78, 5) is 27.2. The van der Waals surface area contributed by atoms with Crippen molar-refractivity contribution < 1.29 is 14.3 Å². The van der Waals surface area contributed by atoms with Gasteiger partial charge in [-0.3, -0.25) is 9.59 Å². The van der Waals surface area contributed by atoms with Crippen molar-refractivity contribution in [3.8, 4) is 5.75 Å². The van der Waals surface area contributed by atoms with Crippen LogP contribution in [-0.2, 0) is 9.59 Å². The van der Waals surface area contributed by atoms with E-state index in [1.807, 2.05) is 29.2 Å². The number of carbonyl (C=O) groups is 2. The molecule has 4 aliphatic carbocycles. The van der Waals surface area contributed by atoms with Gasteiger partial charge in [0.15, 0.2) is 6.10 Å². The van der Waals surface area contributed by atoms with E-state index in [4.69, 9.17) is 4.74 Å². The second-order valence-electron chi connectivity index (χ2n) is 9.32. The molecule has 2 N–H and O–H groups in total. The van der Waals surface area contributed by atoms with Gasteiger partial charge < -0.3 is 20.3 Å². The molecule has 4 fully saturated rings. The second kappa shape index (κ2) is 6.68. The fourth-order valence-electron chi connectivity index (χ4n) is 6.53. The van der Waals surface area contributed by atoms with Gasteiger partial charge in [-0.15, -0.1) is 0 Å². The van der Waals surface area contributed by atoms with E-state index in [0.29, 0.717) is 12.3 Å². The highest BCUT2D eigenvalue weighted by molar-refractivity contribution is 5.86. The van der Waals surface area contributed by atoms with Gasteiger partial charge >= 0.3 is 0 Å². The Hall–Kier alpha value is -2.24. The zero-order chi connectivity index (χ0) is 19.3. The van der Waals surface area contributed by atoms with E-state index in [-0.39, 0.29) is 23.9 Å². The van der Waals surface area contributed by atoms with Crippen molar-refractivity contribution in [1.82, 2.24) is 10.6 Å². The molecule has 0 radical (unpaired) electrons. The Balaban J connectivity index is 1.31. The molecule has 0 saturated heterocycles. The predicted molar refractivity (Wildman–Crippen MR) is 106 cm³/mol. The molecule has 0 unspecified atom stereocenters. The molecular weight excluding hydrogens is 354 g/mol. The van der Waals surface area contributed by atoms with Gasteiger partial charge in [0, 0.05) is 12.6 Å². The van der Waals surface area contributed by atoms with Crippen molar-refractivity contribution in [3.63, 3.8) is 0 Å². The molecule has 6 nitrogen and oxygen atoms in total. The SMILES string of the molecule is CNC(=O)[C@@H]1CN(CC(=O)NC23CC4CC(CC(C4)C2)C3)c2ccccc2O1. The summed E-state index contributed by atoms with van der Waals surface area (Å²) in [6.45, 7) is 0.639. The van der Waals surface area contributed by atoms with Crippen molar-refractivity contribution in [2.45, 2.75) is 50.2 Å². The second-order valence-corrected chi connectivity index (χ2v) is 9.32. The van der Waals surface area contributed by atoms with Gasteiger partial charge in [0.2, 0.25) is 5.91 Å². The Morgan fingerprint density at radius 1 is 1.11 bits per heavy atom. The van der Waals surface area contributed by atoms with Crippen LogP contribution in [0.4, 0.5) is 5.69 Å². The number of nitrogens with zero attached hydrogens (tertiary/aromatic N) is 1. The third-order valence-electron chi connectivity index (χ3n) is 7.18. The molecule has 1 atom stereocenters. The van der Waals surface area contributed by atoms with Gasteiger partial charge in [0.05, 0.1) is 18.8 Å². The Labute approximate surface area is 166 Å². The smallest absolute Gasteiger partial charge is 0.262 e. The van der Waals surface area contributed by atoms with Crippen LogP contribution in [0.3, 0.4) is 0 Å². The van der Waals surface area contributed by atoms with Crippen molar-refractivity contribution >= 4 is 17.5 Å². The number of hydrogen-bond donors (Lipinski definition) is 2. The summed E-state index contributed by atoms with van der Waals surface area (Å²) in [6.07, 6.45) is 6.91. The van der Waals surface area contributed by atoms with E-state index in [2.05, 4.69) is 10.6 Å². The number of hydrogen-bond acceptors (Lipinski definition) is 4. The lowest BCUT2D eigenvalue weighted by Gasteiger charge is -2.57. The molecule has 1 aromatic rings. The summed E-state index contributed by atoms with van der Waals surface area (Å²) in [5.41, 5.74) is 0.890. The van der Waals surface area contributed by atoms with E-state index in [1.165, 1.54) is 19.3 Å². The highest BCUT2D eigenvalue weighted by Gasteiger charge is 2.51. The predicted octanol–water partition coefficient (Wildman–Crippen LogP) is 2.08. The van der Waals surface area contributed by atoms with Crippen LogP contribution in [0.2, 0.25) is 0 Å². The highest BCUT2D eigenvalue weighted by atomic mass is 16.5. The highest BCUT2D eigenvalue weighted by Crippen LogP contribution is 2.55. The number of fused-ring (bicyclic) bond motifs is 1. The molecule has 150 valence electrons. The minimum atomic E-state index is -0.604. The Morgan fingerprint density at radius 2 is 1.75 bits per heavy atom. The first-order chi connectivity index (χ1) is 13.5. The van der Waals surface area contributed by atoms with Gasteiger partial charge in [0.1, 0.15) is 5.75 Å². The van der Waals surface area contributed by atoms with Crippen LogP contribution in [0.15, 0.2) is 24.3 Å². The molecule has 1 heterocycles. The lowest BCUT2D eigenvalue weighted by molar-refractivity contribution is -0.128. The van der Waals surface area contributed by atoms with Crippen molar-refractivity contribution in [2.24, 2.45) is 17.8 Å². The molecule has 6 heteroatoms. The van der Waals surface area contributed by atoms with Crippen LogP contribution < -0.4 is 20.3 Å². The molecule has 0 aromatic heterocycles. The maximum Gasteiger partial charge on any atom is 0.262 e. The topological polar surface area (TPSA) is 70.7 Å². The third-order valence-corrected chi connectivity index (χ3v) is 7.18. The zero-order valence-corrected chi connectivity index (χ0v) is 16.4. The maximum absolute atomic E-state index is 13.1. The van der Waals surface area contributed by atoms with Crippen LogP contribution in [0.25, 0.3) is 0 Å². The van der Waals surface area contributed by atoms with Crippen LogP contribution in [-0.4, -0.2) is 43.6 Å². The first-order valence-electron chi connectivity index (χ1n) is 10.6. The van der Waals surface area contributed by atoms with Crippen molar-refractivity contribution in [1.29, 1.82) is 0 Å². The minimum absolute atomic E-state index is 0.0117. The summed E-state index contributed by atoms with van der Waals surface area (Å²) in [6, 6.07) is 7.63. The van der Waals surface area contributed by atoms with E-state index >= 15 is 0 Å². The van der Waals surface area contributed by atoms with E-state index < -0.39 is 6.10 Å².